The molecule has 0 saturated carbocycles. The summed E-state index contributed by atoms with van der Waals surface area (Å²) >= 11 is 0. The average molecular weight is 323 g/mol. The van der Waals surface area contributed by atoms with Gasteiger partial charge < -0.3 is 15.6 Å². The monoisotopic (exact) mass is 323 g/mol. The molecule has 1 aliphatic rings. The van der Waals surface area contributed by atoms with Gasteiger partial charge in [-0.2, -0.15) is 5.10 Å². The number of aryl methyl sites for hydroxylation is 1. The molecule has 2 aromatic heterocycles. The zero-order chi connectivity index (χ0) is 16.7. The molecule has 0 bridgehead atoms. The second-order valence-electron chi connectivity index (χ2n) is 6.01. The van der Waals surface area contributed by atoms with Crippen LogP contribution in [0.25, 0.3) is 10.9 Å². The highest BCUT2D eigenvalue weighted by Crippen LogP contribution is 2.20. The van der Waals surface area contributed by atoms with Crippen molar-refractivity contribution in [3.63, 3.8) is 0 Å². The van der Waals surface area contributed by atoms with Gasteiger partial charge >= 0.3 is 0 Å². The van der Waals surface area contributed by atoms with E-state index in [1.54, 1.807) is 0 Å². The highest BCUT2D eigenvalue weighted by atomic mass is 16.2. The van der Waals surface area contributed by atoms with Gasteiger partial charge in [-0.15, -0.1) is 0 Å². The van der Waals surface area contributed by atoms with Crippen LogP contribution in [-0.4, -0.2) is 27.6 Å². The molecule has 1 aromatic carbocycles. The molecule has 122 valence electrons. The van der Waals surface area contributed by atoms with Crippen LogP contribution in [0.15, 0.2) is 29.1 Å². The number of H-pyrrole nitrogens is 2. The van der Waals surface area contributed by atoms with Crippen LogP contribution in [0.2, 0.25) is 0 Å². The lowest BCUT2D eigenvalue weighted by Gasteiger charge is -2.13. The fraction of sp³-hybridized carbons (Fsp3) is 0.235. The largest absolute Gasteiger partial charge is 0.350 e. The lowest BCUT2D eigenvalue weighted by Crippen LogP contribution is -2.24. The Morgan fingerprint density at radius 2 is 2.17 bits per heavy atom. The van der Waals surface area contributed by atoms with Crippen molar-refractivity contribution < 1.29 is 4.79 Å². The summed E-state index contributed by atoms with van der Waals surface area (Å²) in [5.41, 5.74) is 3.69. The van der Waals surface area contributed by atoms with Gasteiger partial charge in [-0.1, -0.05) is 11.6 Å². The number of fused-ring (bicyclic) bond motifs is 2. The summed E-state index contributed by atoms with van der Waals surface area (Å²) in [6.07, 6.45) is 0.852. The molecule has 0 spiro atoms. The SMILES string of the molecule is Cc1ccc2[nH]c(C(=O)Nc3n[nH]c4c3CNCC4)cc(=O)c2c1. The third-order valence-corrected chi connectivity index (χ3v) is 4.27. The molecule has 7 heteroatoms. The summed E-state index contributed by atoms with van der Waals surface area (Å²) in [5, 5.41) is 13.7. The maximum Gasteiger partial charge on any atom is 0.273 e. The Kier molecular flexibility index (Phi) is 3.42. The molecule has 0 aliphatic carbocycles. The first-order valence-electron chi connectivity index (χ1n) is 7.84. The molecule has 0 unspecified atom stereocenters. The van der Waals surface area contributed by atoms with E-state index in [0.717, 1.165) is 29.8 Å². The highest BCUT2D eigenvalue weighted by Gasteiger charge is 2.19. The van der Waals surface area contributed by atoms with Crippen molar-refractivity contribution in [1.29, 1.82) is 0 Å². The number of amides is 1. The van der Waals surface area contributed by atoms with Crippen LogP contribution < -0.4 is 16.1 Å². The van der Waals surface area contributed by atoms with E-state index < -0.39 is 0 Å². The molecular formula is C17H17N5O2. The number of rotatable bonds is 2. The third-order valence-electron chi connectivity index (χ3n) is 4.27. The maximum atomic E-state index is 12.5. The molecule has 1 aliphatic heterocycles. The van der Waals surface area contributed by atoms with Gasteiger partial charge in [-0.25, -0.2) is 0 Å². The molecule has 3 aromatic rings. The van der Waals surface area contributed by atoms with Crippen molar-refractivity contribution in [2.24, 2.45) is 0 Å². The zero-order valence-corrected chi connectivity index (χ0v) is 13.2. The van der Waals surface area contributed by atoms with Crippen molar-refractivity contribution in [2.45, 2.75) is 19.9 Å². The quantitative estimate of drug-likeness (QED) is 0.573. The molecule has 0 radical (unpaired) electrons. The minimum Gasteiger partial charge on any atom is -0.350 e. The first-order valence-corrected chi connectivity index (χ1v) is 7.84. The van der Waals surface area contributed by atoms with E-state index in [2.05, 4.69) is 25.8 Å². The van der Waals surface area contributed by atoms with Gasteiger partial charge in [0.05, 0.1) is 0 Å². The Bertz CT molecular complexity index is 1000. The number of hydrogen-bond acceptors (Lipinski definition) is 4. The van der Waals surface area contributed by atoms with Crippen molar-refractivity contribution in [3.8, 4) is 0 Å². The summed E-state index contributed by atoms with van der Waals surface area (Å²) in [7, 11) is 0. The number of carbonyl (C=O) groups is 1. The Hall–Kier alpha value is -2.93. The predicted molar refractivity (Wildman–Crippen MR) is 91.3 cm³/mol. The van der Waals surface area contributed by atoms with Crippen LogP contribution in [0.5, 0.6) is 0 Å². The number of anilines is 1. The fourth-order valence-corrected chi connectivity index (χ4v) is 2.99. The number of nitrogens with one attached hydrogen (secondary N) is 4. The van der Waals surface area contributed by atoms with Crippen molar-refractivity contribution in [3.05, 3.63) is 57.0 Å². The van der Waals surface area contributed by atoms with Crippen molar-refractivity contribution in [1.82, 2.24) is 20.5 Å². The van der Waals surface area contributed by atoms with Crippen molar-refractivity contribution in [2.75, 3.05) is 11.9 Å². The number of carbonyl (C=O) groups excluding carboxylic acids is 1. The number of pyridine rings is 1. The van der Waals surface area contributed by atoms with Gasteiger partial charge in [0, 0.05) is 47.7 Å². The van der Waals surface area contributed by atoms with Crippen LogP contribution in [0, 0.1) is 6.92 Å². The smallest absolute Gasteiger partial charge is 0.273 e. The summed E-state index contributed by atoms with van der Waals surface area (Å²) in [6, 6.07) is 6.85. The maximum absolute atomic E-state index is 12.5. The van der Waals surface area contributed by atoms with Crippen LogP contribution in [0.3, 0.4) is 0 Å². The summed E-state index contributed by atoms with van der Waals surface area (Å²) < 4.78 is 0. The molecule has 0 fully saturated rings. The number of hydrogen-bond donors (Lipinski definition) is 4. The molecule has 4 rings (SSSR count). The molecular weight excluding hydrogens is 306 g/mol. The topological polar surface area (TPSA) is 103 Å². The standard InChI is InChI=1S/C17H17N5O2/c1-9-2-3-12-10(6-9)15(23)7-14(19-12)17(24)20-16-11-8-18-5-4-13(11)21-22-16/h2-3,6-7,18H,4-5,8H2,1H3,(H,19,23)(H2,20,21,22,24). The van der Waals surface area contributed by atoms with Crippen LogP contribution in [0.1, 0.15) is 27.3 Å². The number of nitrogens with zero attached hydrogens (tertiary/aromatic N) is 1. The van der Waals surface area contributed by atoms with Gasteiger partial charge in [-0.3, -0.25) is 14.7 Å². The summed E-state index contributed by atoms with van der Waals surface area (Å²) in [4.78, 5) is 27.8. The van der Waals surface area contributed by atoms with E-state index in [-0.39, 0.29) is 17.0 Å². The fourth-order valence-electron chi connectivity index (χ4n) is 2.99. The van der Waals surface area contributed by atoms with Gasteiger partial charge in [-0.05, 0) is 19.1 Å². The predicted octanol–water partition coefficient (Wildman–Crippen LogP) is 1.46. The van der Waals surface area contributed by atoms with E-state index in [1.165, 1.54) is 6.07 Å². The normalized spacial score (nSPS) is 13.7. The van der Waals surface area contributed by atoms with E-state index in [4.69, 9.17) is 0 Å². The molecule has 24 heavy (non-hydrogen) atoms. The first kappa shape index (κ1) is 14.6. The number of benzene rings is 1. The van der Waals surface area contributed by atoms with E-state index in [1.807, 2.05) is 25.1 Å². The lowest BCUT2D eigenvalue weighted by molar-refractivity contribution is 0.102. The molecule has 1 amide bonds. The Morgan fingerprint density at radius 1 is 1.29 bits per heavy atom. The molecule has 0 atom stereocenters. The summed E-state index contributed by atoms with van der Waals surface area (Å²) in [5.74, 6) is 0.126. The summed E-state index contributed by atoms with van der Waals surface area (Å²) in [6.45, 7) is 3.48. The van der Waals surface area contributed by atoms with E-state index in [9.17, 15) is 9.59 Å². The third kappa shape index (κ3) is 2.48. The molecule has 0 saturated heterocycles. The van der Waals surface area contributed by atoms with Crippen molar-refractivity contribution >= 4 is 22.6 Å². The number of aromatic amines is 2. The second-order valence-corrected chi connectivity index (χ2v) is 6.01. The molecule has 7 nitrogen and oxygen atoms in total. The Labute approximate surface area is 137 Å². The van der Waals surface area contributed by atoms with E-state index in [0.29, 0.717) is 23.3 Å². The van der Waals surface area contributed by atoms with Crippen LogP contribution in [0.4, 0.5) is 5.82 Å². The first-order chi connectivity index (χ1) is 11.6. The Morgan fingerprint density at radius 3 is 3.04 bits per heavy atom. The highest BCUT2D eigenvalue weighted by molar-refractivity contribution is 6.04. The minimum atomic E-state index is -0.380. The van der Waals surface area contributed by atoms with Gasteiger partial charge in [0.2, 0.25) is 0 Å². The van der Waals surface area contributed by atoms with Gasteiger partial charge in [0.15, 0.2) is 11.2 Å². The Balaban J connectivity index is 1.67. The van der Waals surface area contributed by atoms with Gasteiger partial charge in [0.25, 0.3) is 5.91 Å². The van der Waals surface area contributed by atoms with Crippen LogP contribution in [-0.2, 0) is 13.0 Å². The lowest BCUT2D eigenvalue weighted by atomic mass is 10.1. The van der Waals surface area contributed by atoms with Gasteiger partial charge in [0.1, 0.15) is 5.69 Å². The zero-order valence-electron chi connectivity index (χ0n) is 13.2. The molecule has 3 heterocycles. The number of aromatic nitrogens is 3. The molecule has 4 N–H and O–H groups in total. The second kappa shape index (κ2) is 5.61. The average Bonchev–Trinajstić information content (AvgIpc) is 2.98. The minimum absolute atomic E-state index is 0.177. The van der Waals surface area contributed by atoms with Crippen LogP contribution >= 0.6 is 0 Å². The van der Waals surface area contributed by atoms with E-state index >= 15 is 0 Å².